The summed E-state index contributed by atoms with van der Waals surface area (Å²) in [5.74, 6) is 0.777. The first-order valence-electron chi connectivity index (χ1n) is 7.67. The number of nitrogens with zero attached hydrogens (tertiary/aromatic N) is 4. The summed E-state index contributed by atoms with van der Waals surface area (Å²) in [7, 11) is 3.97. The molecule has 0 saturated heterocycles. The molecule has 0 saturated carbocycles. The van der Waals surface area contributed by atoms with E-state index < -0.39 is 0 Å². The smallest absolute Gasteiger partial charge is 0.199 e. The third-order valence-electron chi connectivity index (χ3n) is 3.83. The first-order valence-corrected chi connectivity index (χ1v) is 8.46. The fourth-order valence-electron chi connectivity index (χ4n) is 2.63. The molecule has 0 radical (unpaired) electrons. The van der Waals surface area contributed by atoms with E-state index in [4.69, 9.17) is 23.8 Å². The van der Waals surface area contributed by atoms with E-state index >= 15 is 0 Å². The molecular weight excluding hydrogens is 340 g/mol. The summed E-state index contributed by atoms with van der Waals surface area (Å²) >= 11 is 11.8. The number of aromatic nitrogens is 3. The van der Waals surface area contributed by atoms with E-state index in [0.29, 0.717) is 16.5 Å². The Balaban J connectivity index is 1.84. The molecule has 0 aliphatic rings. The van der Waals surface area contributed by atoms with Crippen LogP contribution >= 0.6 is 23.8 Å². The van der Waals surface area contributed by atoms with Crippen LogP contribution in [0.1, 0.15) is 5.56 Å². The Bertz CT molecular complexity index is 886. The standard InChI is InChI=1S/C18H19ClN4S/c1-21(12-14-8-4-3-5-9-14)13-23-18(24)22(2)17(20-23)15-10-6-7-11-16(15)19/h3-11H,12-13H2,1-2H3. The lowest BCUT2D eigenvalue weighted by Gasteiger charge is -2.16. The van der Waals surface area contributed by atoms with Crippen molar-refractivity contribution in [2.24, 2.45) is 7.05 Å². The average molecular weight is 359 g/mol. The fraction of sp³-hybridized carbons (Fsp3) is 0.222. The molecule has 24 heavy (non-hydrogen) atoms. The Morgan fingerprint density at radius 1 is 1.08 bits per heavy atom. The van der Waals surface area contributed by atoms with Crippen molar-refractivity contribution in [3.63, 3.8) is 0 Å². The van der Waals surface area contributed by atoms with Gasteiger partial charge in [0.05, 0.1) is 11.7 Å². The van der Waals surface area contributed by atoms with E-state index in [-0.39, 0.29) is 0 Å². The minimum atomic E-state index is 0.617. The fourth-order valence-corrected chi connectivity index (χ4v) is 3.04. The third kappa shape index (κ3) is 3.59. The van der Waals surface area contributed by atoms with Crippen molar-refractivity contribution in [2.45, 2.75) is 13.2 Å². The topological polar surface area (TPSA) is 26.0 Å². The van der Waals surface area contributed by atoms with Gasteiger partial charge in [0.1, 0.15) is 0 Å². The van der Waals surface area contributed by atoms with Crippen LogP contribution in [0.3, 0.4) is 0 Å². The lowest BCUT2D eigenvalue weighted by Crippen LogP contribution is -2.22. The van der Waals surface area contributed by atoms with Gasteiger partial charge in [-0.05, 0) is 37.0 Å². The zero-order chi connectivity index (χ0) is 17.1. The maximum absolute atomic E-state index is 6.30. The van der Waals surface area contributed by atoms with Gasteiger partial charge in [-0.1, -0.05) is 54.1 Å². The molecule has 1 aromatic heterocycles. The summed E-state index contributed by atoms with van der Waals surface area (Å²) in [5, 5.41) is 5.34. The van der Waals surface area contributed by atoms with Crippen molar-refractivity contribution in [2.75, 3.05) is 7.05 Å². The van der Waals surface area contributed by atoms with Crippen molar-refractivity contribution < 1.29 is 0 Å². The van der Waals surface area contributed by atoms with Crippen molar-refractivity contribution in [1.29, 1.82) is 0 Å². The van der Waals surface area contributed by atoms with Crippen LogP contribution in [0.15, 0.2) is 54.6 Å². The van der Waals surface area contributed by atoms with Crippen LogP contribution in [0.5, 0.6) is 0 Å². The van der Waals surface area contributed by atoms with E-state index in [1.54, 1.807) is 0 Å². The van der Waals surface area contributed by atoms with Gasteiger partial charge >= 0.3 is 0 Å². The molecule has 0 unspecified atom stereocenters. The molecule has 124 valence electrons. The van der Waals surface area contributed by atoms with Gasteiger partial charge in [0.25, 0.3) is 0 Å². The molecule has 0 bridgehead atoms. The molecule has 2 aromatic carbocycles. The second kappa shape index (κ2) is 7.30. The summed E-state index contributed by atoms with van der Waals surface area (Å²) in [6.07, 6.45) is 0. The van der Waals surface area contributed by atoms with E-state index in [1.165, 1.54) is 5.56 Å². The lowest BCUT2D eigenvalue weighted by molar-refractivity contribution is 0.244. The summed E-state index contributed by atoms with van der Waals surface area (Å²) < 4.78 is 4.40. The van der Waals surface area contributed by atoms with Gasteiger partial charge in [0.15, 0.2) is 10.6 Å². The number of hydrogen-bond donors (Lipinski definition) is 0. The predicted molar refractivity (Wildman–Crippen MR) is 100 cm³/mol. The molecule has 0 aliphatic heterocycles. The Labute approximate surface area is 151 Å². The van der Waals surface area contributed by atoms with E-state index in [1.807, 2.05) is 58.8 Å². The highest BCUT2D eigenvalue weighted by Crippen LogP contribution is 2.26. The SMILES string of the molecule is CN(Cc1ccccc1)Cn1nc(-c2ccccc2Cl)n(C)c1=S. The van der Waals surface area contributed by atoms with Gasteiger partial charge < -0.3 is 4.57 Å². The second-order valence-electron chi connectivity index (χ2n) is 5.79. The van der Waals surface area contributed by atoms with Crippen LogP contribution in [0.2, 0.25) is 5.02 Å². The first-order chi connectivity index (χ1) is 11.6. The summed E-state index contributed by atoms with van der Waals surface area (Å²) in [6, 6.07) is 18.0. The molecular formula is C18H19ClN4S. The maximum atomic E-state index is 6.30. The minimum absolute atomic E-state index is 0.617. The molecule has 0 fully saturated rings. The minimum Gasteiger partial charge on any atom is -0.303 e. The van der Waals surface area contributed by atoms with Gasteiger partial charge in [-0.25, -0.2) is 4.68 Å². The molecule has 6 heteroatoms. The van der Waals surface area contributed by atoms with Crippen LogP contribution in [-0.2, 0) is 20.3 Å². The monoisotopic (exact) mass is 358 g/mol. The molecule has 0 spiro atoms. The Morgan fingerprint density at radius 2 is 1.75 bits per heavy atom. The number of halogens is 1. The van der Waals surface area contributed by atoms with Crippen LogP contribution < -0.4 is 0 Å². The van der Waals surface area contributed by atoms with Gasteiger partial charge in [0, 0.05) is 19.2 Å². The van der Waals surface area contributed by atoms with Gasteiger partial charge in [-0.2, -0.15) is 5.10 Å². The van der Waals surface area contributed by atoms with E-state index in [2.05, 4.69) is 29.2 Å². The maximum Gasteiger partial charge on any atom is 0.199 e. The van der Waals surface area contributed by atoms with Crippen LogP contribution in [0.4, 0.5) is 0 Å². The molecule has 0 aliphatic carbocycles. The zero-order valence-corrected chi connectivity index (χ0v) is 15.3. The molecule has 4 nitrogen and oxygen atoms in total. The van der Waals surface area contributed by atoms with Crippen molar-refractivity contribution in [3.8, 4) is 11.4 Å². The largest absolute Gasteiger partial charge is 0.303 e. The van der Waals surface area contributed by atoms with Crippen molar-refractivity contribution in [3.05, 3.63) is 70.0 Å². The lowest BCUT2D eigenvalue weighted by atomic mass is 10.2. The van der Waals surface area contributed by atoms with E-state index in [0.717, 1.165) is 17.9 Å². The quantitative estimate of drug-likeness (QED) is 0.634. The number of hydrogen-bond acceptors (Lipinski definition) is 3. The first kappa shape index (κ1) is 16.9. The highest BCUT2D eigenvalue weighted by Gasteiger charge is 2.13. The van der Waals surface area contributed by atoms with Gasteiger partial charge in [0.2, 0.25) is 0 Å². The molecule has 1 heterocycles. The number of benzene rings is 2. The number of rotatable bonds is 5. The van der Waals surface area contributed by atoms with Crippen molar-refractivity contribution in [1.82, 2.24) is 19.2 Å². The average Bonchev–Trinajstić information content (AvgIpc) is 2.84. The molecule has 3 rings (SSSR count). The molecule has 3 aromatic rings. The van der Waals surface area contributed by atoms with Crippen molar-refractivity contribution >= 4 is 23.8 Å². The van der Waals surface area contributed by atoms with E-state index in [9.17, 15) is 0 Å². The summed E-state index contributed by atoms with van der Waals surface area (Å²) in [4.78, 5) is 2.18. The van der Waals surface area contributed by atoms with Gasteiger partial charge in [-0.3, -0.25) is 4.90 Å². The van der Waals surface area contributed by atoms with Crippen LogP contribution in [-0.4, -0.2) is 26.3 Å². The zero-order valence-electron chi connectivity index (χ0n) is 13.7. The Hall–Kier alpha value is -1.95. The Kier molecular flexibility index (Phi) is 5.14. The molecule has 0 N–H and O–H groups in total. The van der Waals surface area contributed by atoms with Crippen LogP contribution in [0, 0.1) is 4.77 Å². The highest BCUT2D eigenvalue weighted by atomic mass is 35.5. The molecule has 0 amide bonds. The molecule has 0 atom stereocenters. The van der Waals surface area contributed by atoms with Crippen LogP contribution in [0.25, 0.3) is 11.4 Å². The predicted octanol–water partition coefficient (Wildman–Crippen LogP) is 4.36. The summed E-state index contributed by atoms with van der Waals surface area (Å²) in [6.45, 7) is 1.45. The second-order valence-corrected chi connectivity index (χ2v) is 6.56. The highest BCUT2D eigenvalue weighted by molar-refractivity contribution is 7.71. The summed E-state index contributed by atoms with van der Waals surface area (Å²) in [5.41, 5.74) is 2.14. The Morgan fingerprint density at radius 3 is 2.46 bits per heavy atom. The normalized spacial score (nSPS) is 11.2. The van der Waals surface area contributed by atoms with Gasteiger partial charge in [-0.15, -0.1) is 0 Å². The third-order valence-corrected chi connectivity index (χ3v) is 4.64.